The minimum Gasteiger partial charge on any atom is -0.489 e. The quantitative estimate of drug-likeness (QED) is 0.725. The van der Waals surface area contributed by atoms with Gasteiger partial charge in [-0.05, 0) is 30.7 Å². The highest BCUT2D eigenvalue weighted by Gasteiger charge is 2.12. The van der Waals surface area contributed by atoms with Crippen molar-refractivity contribution in [3.63, 3.8) is 0 Å². The number of hydrogen-bond acceptors (Lipinski definition) is 3. The monoisotopic (exact) mass is 412 g/mol. The van der Waals surface area contributed by atoms with E-state index in [1.165, 1.54) is 0 Å². The van der Waals surface area contributed by atoms with Crippen molar-refractivity contribution in [3.05, 3.63) is 64.6 Å². The summed E-state index contributed by atoms with van der Waals surface area (Å²) in [5.41, 5.74) is 7.00. The summed E-state index contributed by atoms with van der Waals surface area (Å²) >= 11 is 3.40. The molecule has 0 aromatic heterocycles. The van der Waals surface area contributed by atoms with E-state index >= 15 is 0 Å². The van der Waals surface area contributed by atoms with Crippen LogP contribution < -0.4 is 15.8 Å². The summed E-state index contributed by atoms with van der Waals surface area (Å²) in [4.78, 5) is 12.0. The van der Waals surface area contributed by atoms with Crippen LogP contribution in [-0.4, -0.2) is 18.6 Å². The van der Waals surface area contributed by atoms with Crippen LogP contribution in [0, 0.1) is 0 Å². The second-order valence-corrected chi connectivity index (χ2v) is 6.33. The number of benzene rings is 2. The minimum atomic E-state index is -0.294. The zero-order chi connectivity index (χ0) is 16.7. The van der Waals surface area contributed by atoms with E-state index in [0.717, 1.165) is 15.8 Å². The Morgan fingerprint density at radius 1 is 1.21 bits per heavy atom. The minimum absolute atomic E-state index is 0. The molecule has 0 aliphatic carbocycles. The fourth-order valence-corrected chi connectivity index (χ4v) is 2.54. The third kappa shape index (κ3) is 6.91. The molecule has 2 unspecified atom stereocenters. The fourth-order valence-electron chi connectivity index (χ4n) is 2.16. The lowest BCUT2D eigenvalue weighted by molar-refractivity contribution is -0.121. The highest BCUT2D eigenvalue weighted by Crippen LogP contribution is 2.18. The van der Waals surface area contributed by atoms with Crippen molar-refractivity contribution < 1.29 is 9.53 Å². The molecule has 0 saturated heterocycles. The molecule has 0 fully saturated rings. The molecular formula is C18H22BrClN2O2. The van der Waals surface area contributed by atoms with Gasteiger partial charge < -0.3 is 15.8 Å². The first-order valence-corrected chi connectivity index (χ1v) is 8.33. The maximum atomic E-state index is 12.0. The average Bonchev–Trinajstić information content (AvgIpc) is 2.54. The Labute approximate surface area is 157 Å². The first-order chi connectivity index (χ1) is 11.0. The van der Waals surface area contributed by atoms with Gasteiger partial charge in [0.05, 0.1) is 6.54 Å². The predicted molar refractivity (Wildman–Crippen MR) is 102 cm³/mol. The molecule has 130 valence electrons. The van der Waals surface area contributed by atoms with Crippen molar-refractivity contribution in [1.29, 1.82) is 0 Å². The SMILES string of the molecule is CC(CNC(=O)CC(N)c1ccccc1)Oc1cccc(Br)c1.Cl. The molecule has 4 nitrogen and oxygen atoms in total. The van der Waals surface area contributed by atoms with Crippen LogP contribution in [0.25, 0.3) is 0 Å². The Kier molecular flexibility index (Phi) is 8.82. The van der Waals surface area contributed by atoms with Gasteiger partial charge in [0.25, 0.3) is 0 Å². The molecule has 2 aromatic carbocycles. The molecular weight excluding hydrogens is 392 g/mol. The van der Waals surface area contributed by atoms with Crippen LogP contribution in [0.1, 0.15) is 24.9 Å². The van der Waals surface area contributed by atoms with Crippen molar-refractivity contribution in [1.82, 2.24) is 5.32 Å². The highest BCUT2D eigenvalue weighted by molar-refractivity contribution is 9.10. The molecule has 2 atom stereocenters. The van der Waals surface area contributed by atoms with E-state index in [9.17, 15) is 4.79 Å². The third-order valence-electron chi connectivity index (χ3n) is 3.35. The summed E-state index contributed by atoms with van der Waals surface area (Å²) in [5.74, 6) is 0.688. The van der Waals surface area contributed by atoms with Gasteiger partial charge in [-0.15, -0.1) is 12.4 Å². The first kappa shape index (κ1) is 20.5. The van der Waals surface area contributed by atoms with Crippen LogP contribution in [0.2, 0.25) is 0 Å². The van der Waals surface area contributed by atoms with Crippen LogP contribution in [0.5, 0.6) is 5.75 Å². The third-order valence-corrected chi connectivity index (χ3v) is 3.85. The Hall–Kier alpha value is -1.56. The van der Waals surface area contributed by atoms with Gasteiger partial charge in [-0.25, -0.2) is 0 Å². The fraction of sp³-hybridized carbons (Fsp3) is 0.278. The molecule has 0 spiro atoms. The number of hydrogen-bond donors (Lipinski definition) is 2. The first-order valence-electron chi connectivity index (χ1n) is 7.54. The molecule has 2 aromatic rings. The van der Waals surface area contributed by atoms with Crippen LogP contribution in [-0.2, 0) is 4.79 Å². The van der Waals surface area contributed by atoms with Gasteiger partial charge >= 0.3 is 0 Å². The summed E-state index contributed by atoms with van der Waals surface area (Å²) in [5, 5.41) is 2.86. The Balaban J connectivity index is 0.00000288. The number of rotatable bonds is 7. The largest absolute Gasteiger partial charge is 0.489 e. The number of nitrogens with one attached hydrogen (secondary N) is 1. The molecule has 0 aliphatic rings. The van der Waals surface area contributed by atoms with Gasteiger partial charge in [0, 0.05) is 16.9 Å². The summed E-state index contributed by atoms with van der Waals surface area (Å²) in [7, 11) is 0. The normalized spacial score (nSPS) is 12.6. The van der Waals surface area contributed by atoms with Crippen molar-refractivity contribution in [3.8, 4) is 5.75 Å². The lowest BCUT2D eigenvalue weighted by atomic mass is 10.0. The summed E-state index contributed by atoms with van der Waals surface area (Å²) < 4.78 is 6.72. The van der Waals surface area contributed by atoms with E-state index in [2.05, 4.69) is 21.2 Å². The molecule has 6 heteroatoms. The summed E-state index contributed by atoms with van der Waals surface area (Å²) in [6, 6.07) is 16.9. The molecule has 0 aliphatic heterocycles. The maximum absolute atomic E-state index is 12.0. The zero-order valence-electron chi connectivity index (χ0n) is 13.4. The van der Waals surface area contributed by atoms with Gasteiger partial charge in [-0.3, -0.25) is 4.79 Å². The molecule has 2 rings (SSSR count). The predicted octanol–water partition coefficient (Wildman–Crippen LogP) is 3.84. The molecule has 3 N–H and O–H groups in total. The molecule has 1 amide bonds. The summed E-state index contributed by atoms with van der Waals surface area (Å²) in [6.07, 6.45) is 0.134. The smallest absolute Gasteiger partial charge is 0.222 e. The maximum Gasteiger partial charge on any atom is 0.222 e. The van der Waals surface area contributed by atoms with Crippen molar-refractivity contribution in [2.24, 2.45) is 5.73 Å². The van der Waals surface area contributed by atoms with Crippen LogP contribution in [0.15, 0.2) is 59.1 Å². The number of ether oxygens (including phenoxy) is 1. The van der Waals surface area contributed by atoms with Gasteiger partial charge in [-0.1, -0.05) is 52.3 Å². The number of amides is 1. The van der Waals surface area contributed by atoms with E-state index in [1.54, 1.807) is 0 Å². The second-order valence-electron chi connectivity index (χ2n) is 5.41. The van der Waals surface area contributed by atoms with Crippen LogP contribution in [0.3, 0.4) is 0 Å². The molecule has 0 saturated carbocycles. The van der Waals surface area contributed by atoms with Gasteiger partial charge in [0.1, 0.15) is 11.9 Å². The molecule has 0 heterocycles. The van der Waals surface area contributed by atoms with Crippen molar-refractivity contribution in [2.45, 2.75) is 25.5 Å². The number of carbonyl (C=O) groups is 1. The summed E-state index contributed by atoms with van der Waals surface area (Å²) in [6.45, 7) is 2.35. The van der Waals surface area contributed by atoms with Gasteiger partial charge in [0.2, 0.25) is 5.91 Å². The standard InChI is InChI=1S/C18H21BrN2O2.ClH/c1-13(23-16-9-5-8-15(19)10-16)12-21-18(22)11-17(20)14-6-3-2-4-7-14;/h2-10,13,17H,11-12,20H2,1H3,(H,21,22);1H. The van der Waals surface area contributed by atoms with E-state index < -0.39 is 0 Å². The van der Waals surface area contributed by atoms with Crippen molar-refractivity contribution in [2.75, 3.05) is 6.54 Å². The van der Waals surface area contributed by atoms with Crippen LogP contribution in [0.4, 0.5) is 0 Å². The Morgan fingerprint density at radius 3 is 2.58 bits per heavy atom. The highest BCUT2D eigenvalue weighted by atomic mass is 79.9. The Morgan fingerprint density at radius 2 is 1.92 bits per heavy atom. The van der Waals surface area contributed by atoms with E-state index in [1.807, 2.05) is 61.5 Å². The molecule has 24 heavy (non-hydrogen) atoms. The lowest BCUT2D eigenvalue weighted by Crippen LogP contribution is -2.35. The molecule has 0 radical (unpaired) electrons. The van der Waals surface area contributed by atoms with Crippen molar-refractivity contribution >= 4 is 34.2 Å². The Bertz CT molecular complexity index is 640. The zero-order valence-corrected chi connectivity index (χ0v) is 15.8. The lowest BCUT2D eigenvalue weighted by Gasteiger charge is -2.17. The number of carbonyl (C=O) groups excluding carboxylic acids is 1. The van der Waals surface area contributed by atoms with Crippen LogP contribution >= 0.6 is 28.3 Å². The number of nitrogens with two attached hydrogens (primary N) is 1. The van der Waals surface area contributed by atoms with E-state index in [-0.39, 0.29) is 36.9 Å². The number of halogens is 2. The van der Waals surface area contributed by atoms with Gasteiger partial charge in [-0.2, -0.15) is 0 Å². The van der Waals surface area contributed by atoms with E-state index in [0.29, 0.717) is 6.54 Å². The molecule has 0 bridgehead atoms. The van der Waals surface area contributed by atoms with E-state index in [4.69, 9.17) is 10.5 Å². The topological polar surface area (TPSA) is 64.4 Å². The van der Waals surface area contributed by atoms with Gasteiger partial charge in [0.15, 0.2) is 0 Å². The second kappa shape index (κ2) is 10.3. The average molecular weight is 414 g/mol.